The minimum atomic E-state index is -0.326. The van der Waals surface area contributed by atoms with Crippen LogP contribution >= 0.6 is 0 Å². The lowest BCUT2D eigenvalue weighted by molar-refractivity contribution is -0.122. The number of aryl methyl sites for hydroxylation is 1. The smallest absolute Gasteiger partial charge is 0.242 e. The Labute approximate surface area is 124 Å². The van der Waals surface area contributed by atoms with Crippen LogP contribution in [-0.4, -0.2) is 23.0 Å². The van der Waals surface area contributed by atoms with Crippen LogP contribution in [0.2, 0.25) is 0 Å². The summed E-state index contributed by atoms with van der Waals surface area (Å²) in [6, 6.07) is 5.50. The van der Waals surface area contributed by atoms with Gasteiger partial charge in [-0.3, -0.25) is 9.78 Å². The molecule has 0 aliphatic rings. The Balaban J connectivity index is 2.32. The molecule has 0 spiro atoms. The fourth-order valence-corrected chi connectivity index (χ4v) is 2.20. The quantitative estimate of drug-likeness (QED) is 0.754. The van der Waals surface area contributed by atoms with Crippen molar-refractivity contribution in [3.63, 3.8) is 0 Å². The van der Waals surface area contributed by atoms with Gasteiger partial charge in [-0.1, -0.05) is 0 Å². The molecule has 0 saturated heterocycles. The molecule has 1 amide bonds. The van der Waals surface area contributed by atoms with Gasteiger partial charge in [-0.05, 0) is 45.9 Å². The van der Waals surface area contributed by atoms with E-state index in [1.54, 1.807) is 6.20 Å². The van der Waals surface area contributed by atoms with E-state index in [0.717, 1.165) is 22.2 Å². The second kappa shape index (κ2) is 5.99. The third-order valence-corrected chi connectivity index (χ3v) is 3.27. The summed E-state index contributed by atoms with van der Waals surface area (Å²) in [5.41, 5.74) is 8.47. The van der Waals surface area contributed by atoms with E-state index in [9.17, 15) is 4.79 Å². The summed E-state index contributed by atoms with van der Waals surface area (Å²) in [5.74, 6) is -0.0271. The molecule has 112 valence electrons. The van der Waals surface area contributed by atoms with Gasteiger partial charge in [0.25, 0.3) is 0 Å². The van der Waals surface area contributed by atoms with E-state index in [0.29, 0.717) is 5.69 Å². The van der Waals surface area contributed by atoms with Crippen molar-refractivity contribution in [2.75, 3.05) is 11.1 Å². The van der Waals surface area contributed by atoms with Crippen LogP contribution in [0.5, 0.6) is 0 Å². The Hall–Kier alpha value is -2.30. The number of hydrogen-bond acceptors (Lipinski definition) is 4. The van der Waals surface area contributed by atoms with Gasteiger partial charge in [0.05, 0.1) is 0 Å². The first-order valence-electron chi connectivity index (χ1n) is 7.10. The summed E-state index contributed by atoms with van der Waals surface area (Å²) in [7, 11) is 0. The van der Waals surface area contributed by atoms with Gasteiger partial charge in [-0.15, -0.1) is 0 Å². The first-order chi connectivity index (χ1) is 9.88. The van der Waals surface area contributed by atoms with Gasteiger partial charge in [0, 0.05) is 40.1 Å². The monoisotopic (exact) mass is 286 g/mol. The molecule has 21 heavy (non-hydrogen) atoms. The van der Waals surface area contributed by atoms with Crippen LogP contribution in [0.15, 0.2) is 24.4 Å². The van der Waals surface area contributed by atoms with E-state index in [-0.39, 0.29) is 18.0 Å². The van der Waals surface area contributed by atoms with E-state index in [2.05, 4.69) is 15.6 Å². The molecule has 0 bridgehead atoms. The lowest BCUT2D eigenvalue weighted by atomic mass is 10.1. The molecule has 2 rings (SSSR count). The van der Waals surface area contributed by atoms with E-state index < -0.39 is 0 Å². The fourth-order valence-electron chi connectivity index (χ4n) is 2.20. The van der Waals surface area contributed by atoms with E-state index >= 15 is 0 Å². The molecule has 1 aromatic heterocycles. The summed E-state index contributed by atoms with van der Waals surface area (Å²) in [4.78, 5) is 16.3. The minimum absolute atomic E-state index is 0.0271. The Morgan fingerprint density at radius 3 is 2.62 bits per heavy atom. The fraction of sp³-hybridized carbons (Fsp3) is 0.375. The number of nitrogens with two attached hydrogens (primary N) is 1. The first-order valence-corrected chi connectivity index (χ1v) is 7.10. The van der Waals surface area contributed by atoms with Gasteiger partial charge in [0.2, 0.25) is 5.91 Å². The second-order valence-corrected chi connectivity index (χ2v) is 5.60. The Kier molecular flexibility index (Phi) is 4.31. The van der Waals surface area contributed by atoms with E-state index in [1.807, 2.05) is 45.9 Å². The zero-order valence-electron chi connectivity index (χ0n) is 12.9. The van der Waals surface area contributed by atoms with Crippen molar-refractivity contribution in [1.29, 1.82) is 0 Å². The highest BCUT2D eigenvalue weighted by atomic mass is 16.2. The lowest BCUT2D eigenvalue weighted by Gasteiger charge is -2.18. The number of fused-ring (bicyclic) bond motifs is 1. The van der Waals surface area contributed by atoms with Crippen molar-refractivity contribution in [2.45, 2.75) is 39.8 Å². The van der Waals surface area contributed by atoms with Gasteiger partial charge < -0.3 is 16.4 Å². The van der Waals surface area contributed by atoms with Crippen LogP contribution < -0.4 is 16.4 Å². The zero-order valence-corrected chi connectivity index (χ0v) is 12.9. The van der Waals surface area contributed by atoms with Crippen molar-refractivity contribution < 1.29 is 4.79 Å². The van der Waals surface area contributed by atoms with Gasteiger partial charge in [-0.25, -0.2) is 0 Å². The molecule has 4 N–H and O–H groups in total. The molecule has 1 heterocycles. The van der Waals surface area contributed by atoms with Crippen LogP contribution in [-0.2, 0) is 4.79 Å². The van der Waals surface area contributed by atoms with Crippen LogP contribution in [0.4, 0.5) is 11.4 Å². The molecular weight excluding hydrogens is 264 g/mol. The number of amides is 1. The Morgan fingerprint density at radius 2 is 1.95 bits per heavy atom. The number of nitrogens with one attached hydrogen (secondary N) is 2. The zero-order chi connectivity index (χ0) is 15.6. The molecule has 1 aromatic carbocycles. The maximum atomic E-state index is 12.0. The number of anilines is 2. The standard InChI is InChI=1S/C16H22N4O/c1-9(2)19-16(21)11(4)20-15-6-5-14(17)13-8-18-10(3)7-12(13)15/h5-9,11,20H,17H2,1-4H3,(H,19,21). The van der Waals surface area contributed by atoms with Crippen molar-refractivity contribution in [3.05, 3.63) is 30.1 Å². The summed E-state index contributed by atoms with van der Waals surface area (Å²) in [6.45, 7) is 7.66. The number of carbonyl (C=O) groups is 1. The van der Waals surface area contributed by atoms with Gasteiger partial charge >= 0.3 is 0 Å². The molecule has 1 unspecified atom stereocenters. The Bertz CT molecular complexity index is 667. The molecular formula is C16H22N4O. The third-order valence-electron chi connectivity index (χ3n) is 3.27. The van der Waals surface area contributed by atoms with E-state index in [1.165, 1.54) is 0 Å². The predicted octanol–water partition coefficient (Wildman–Crippen LogP) is 2.45. The SMILES string of the molecule is Cc1cc2c(NC(C)C(=O)NC(C)C)ccc(N)c2cn1. The third kappa shape index (κ3) is 3.42. The summed E-state index contributed by atoms with van der Waals surface area (Å²) in [5, 5.41) is 8.01. The molecule has 5 heteroatoms. The lowest BCUT2D eigenvalue weighted by Crippen LogP contribution is -2.41. The molecule has 5 nitrogen and oxygen atoms in total. The second-order valence-electron chi connectivity index (χ2n) is 5.60. The average molecular weight is 286 g/mol. The van der Waals surface area contributed by atoms with Gasteiger partial charge in [0.1, 0.15) is 6.04 Å². The number of aromatic nitrogens is 1. The largest absolute Gasteiger partial charge is 0.398 e. The maximum absolute atomic E-state index is 12.0. The summed E-state index contributed by atoms with van der Waals surface area (Å²) < 4.78 is 0. The number of hydrogen-bond donors (Lipinski definition) is 3. The van der Waals surface area contributed by atoms with Crippen LogP contribution in [0.3, 0.4) is 0 Å². The number of rotatable bonds is 4. The predicted molar refractivity (Wildman–Crippen MR) is 87.3 cm³/mol. The number of nitrogens with zero attached hydrogens (tertiary/aromatic N) is 1. The van der Waals surface area contributed by atoms with E-state index in [4.69, 9.17) is 5.73 Å². The number of carbonyl (C=O) groups excluding carboxylic acids is 1. The average Bonchev–Trinajstić information content (AvgIpc) is 2.41. The Morgan fingerprint density at radius 1 is 1.24 bits per heavy atom. The molecule has 2 aromatic rings. The van der Waals surface area contributed by atoms with Crippen LogP contribution in [0, 0.1) is 6.92 Å². The van der Waals surface area contributed by atoms with Crippen LogP contribution in [0.25, 0.3) is 10.8 Å². The molecule has 0 aliphatic carbocycles. The molecule has 0 fully saturated rings. The van der Waals surface area contributed by atoms with Gasteiger partial charge in [-0.2, -0.15) is 0 Å². The first kappa shape index (κ1) is 15.1. The van der Waals surface area contributed by atoms with Crippen molar-refractivity contribution in [3.8, 4) is 0 Å². The highest BCUT2D eigenvalue weighted by Gasteiger charge is 2.15. The minimum Gasteiger partial charge on any atom is -0.398 e. The number of benzene rings is 1. The normalized spacial score (nSPS) is 12.4. The van der Waals surface area contributed by atoms with Crippen molar-refractivity contribution in [1.82, 2.24) is 10.3 Å². The topological polar surface area (TPSA) is 80.0 Å². The molecule has 1 atom stereocenters. The maximum Gasteiger partial charge on any atom is 0.242 e. The number of pyridine rings is 1. The molecule has 0 radical (unpaired) electrons. The van der Waals surface area contributed by atoms with Crippen molar-refractivity contribution >= 4 is 28.1 Å². The van der Waals surface area contributed by atoms with Gasteiger partial charge in [0.15, 0.2) is 0 Å². The highest BCUT2D eigenvalue weighted by Crippen LogP contribution is 2.28. The van der Waals surface area contributed by atoms with Crippen molar-refractivity contribution in [2.24, 2.45) is 0 Å². The molecule has 0 aliphatic heterocycles. The summed E-state index contributed by atoms with van der Waals surface area (Å²) in [6.07, 6.45) is 1.77. The summed E-state index contributed by atoms with van der Waals surface area (Å²) >= 11 is 0. The highest BCUT2D eigenvalue weighted by molar-refractivity contribution is 6.01. The van der Waals surface area contributed by atoms with Crippen LogP contribution in [0.1, 0.15) is 26.5 Å². The number of nitrogen functional groups attached to an aromatic ring is 1. The molecule has 0 saturated carbocycles.